The van der Waals surface area contributed by atoms with Crippen LogP contribution in [0.4, 0.5) is 5.69 Å². The summed E-state index contributed by atoms with van der Waals surface area (Å²) in [7, 11) is 0. The number of aryl methyl sites for hydroxylation is 3. The molecule has 0 unspecified atom stereocenters. The minimum Gasteiger partial charge on any atom is -0.347 e. The van der Waals surface area contributed by atoms with Gasteiger partial charge in [-0.15, -0.1) is 0 Å². The predicted octanol–water partition coefficient (Wildman–Crippen LogP) is 6.68. The molecule has 1 heterocycles. The Morgan fingerprint density at radius 1 is 0.903 bits per heavy atom. The predicted molar refractivity (Wildman–Crippen MR) is 135 cm³/mol. The summed E-state index contributed by atoms with van der Waals surface area (Å²) < 4.78 is 2.31. The molecule has 0 spiro atoms. The fourth-order valence-electron chi connectivity index (χ4n) is 3.94. The second kappa shape index (κ2) is 9.36. The van der Waals surface area contributed by atoms with Crippen LogP contribution in [0, 0.1) is 13.8 Å². The minimum atomic E-state index is 0.737. The molecule has 0 aliphatic rings. The molecule has 3 aromatic carbocycles. The molecule has 0 aliphatic heterocycles. The van der Waals surface area contributed by atoms with Gasteiger partial charge in [0.25, 0.3) is 0 Å². The number of benzene rings is 3. The van der Waals surface area contributed by atoms with E-state index in [1.807, 2.05) is 6.07 Å². The first-order valence-corrected chi connectivity index (χ1v) is 11.2. The second-order valence-electron chi connectivity index (χ2n) is 8.03. The Morgan fingerprint density at radius 3 is 2.39 bits per heavy atom. The van der Waals surface area contributed by atoms with E-state index in [1.165, 1.54) is 33.2 Å². The van der Waals surface area contributed by atoms with Crippen LogP contribution in [0.1, 0.15) is 29.2 Å². The van der Waals surface area contributed by atoms with E-state index in [0.717, 1.165) is 30.4 Å². The van der Waals surface area contributed by atoms with Crippen LogP contribution >= 0.6 is 12.2 Å². The third-order valence-corrected chi connectivity index (χ3v) is 6.19. The van der Waals surface area contributed by atoms with Crippen LogP contribution in [-0.4, -0.2) is 14.6 Å². The fourth-order valence-corrected chi connectivity index (χ4v) is 4.19. The maximum absolute atomic E-state index is 5.90. The van der Waals surface area contributed by atoms with Gasteiger partial charge in [0.1, 0.15) is 0 Å². The van der Waals surface area contributed by atoms with E-state index >= 15 is 0 Å². The zero-order valence-electron chi connectivity index (χ0n) is 18.4. The van der Waals surface area contributed by atoms with E-state index in [4.69, 9.17) is 12.2 Å². The third kappa shape index (κ3) is 4.80. The maximum Gasteiger partial charge on any atom is 0.174 e. The van der Waals surface area contributed by atoms with Crippen molar-refractivity contribution in [2.75, 3.05) is 5.32 Å². The lowest BCUT2D eigenvalue weighted by atomic mass is 10.1. The molecule has 0 amide bonds. The maximum atomic E-state index is 5.90. The quantitative estimate of drug-likeness (QED) is 0.347. The molecule has 158 valence electrons. The first-order valence-electron chi connectivity index (χ1n) is 10.8. The molecule has 31 heavy (non-hydrogen) atoms. The average molecular weight is 428 g/mol. The second-order valence-corrected chi connectivity index (χ2v) is 8.42. The van der Waals surface area contributed by atoms with Crippen molar-refractivity contribution in [3.63, 3.8) is 0 Å². The number of hydrogen-bond acceptors (Lipinski definition) is 1. The van der Waals surface area contributed by atoms with Crippen molar-refractivity contribution in [2.45, 2.75) is 40.4 Å². The number of aromatic nitrogens is 1. The lowest BCUT2D eigenvalue weighted by Gasteiger charge is -2.26. The first-order chi connectivity index (χ1) is 15.0. The summed E-state index contributed by atoms with van der Waals surface area (Å²) in [4.78, 5) is 2.25. The van der Waals surface area contributed by atoms with Crippen LogP contribution in [0.15, 0.2) is 79.0 Å². The number of fused-ring (bicyclic) bond motifs is 1. The number of nitrogens with one attached hydrogen (secondary N) is 1. The summed E-state index contributed by atoms with van der Waals surface area (Å²) in [6.07, 6.45) is 2.27. The fraction of sp³-hybridized carbons (Fsp3) is 0.222. The van der Waals surface area contributed by atoms with Gasteiger partial charge in [-0.3, -0.25) is 0 Å². The smallest absolute Gasteiger partial charge is 0.174 e. The Balaban J connectivity index is 1.64. The van der Waals surface area contributed by atoms with Crippen molar-refractivity contribution in [1.82, 2.24) is 9.47 Å². The standard InChI is InChI=1S/C27H29N3S/c1-4-29-18-23(25-12-8-9-13-26(25)29)19-30(17-22-10-6-5-7-11-22)27(31)28-24-15-14-20(2)21(3)16-24/h5-16,18H,4,17,19H2,1-3H3,(H,28,31). The van der Waals surface area contributed by atoms with E-state index in [1.54, 1.807) is 0 Å². The van der Waals surface area contributed by atoms with E-state index in [2.05, 4.69) is 108 Å². The zero-order chi connectivity index (χ0) is 21.8. The molecule has 1 aromatic heterocycles. The van der Waals surface area contributed by atoms with E-state index in [9.17, 15) is 0 Å². The number of para-hydroxylation sites is 1. The number of rotatable bonds is 6. The molecule has 0 bridgehead atoms. The largest absolute Gasteiger partial charge is 0.347 e. The van der Waals surface area contributed by atoms with Gasteiger partial charge < -0.3 is 14.8 Å². The van der Waals surface area contributed by atoms with Gasteiger partial charge in [0.15, 0.2) is 5.11 Å². The van der Waals surface area contributed by atoms with Gasteiger partial charge in [-0.05, 0) is 73.4 Å². The molecule has 0 atom stereocenters. The SMILES string of the molecule is CCn1cc(CN(Cc2ccccc2)C(=S)Nc2ccc(C)c(C)c2)c2ccccc21. The minimum absolute atomic E-state index is 0.737. The van der Waals surface area contributed by atoms with Gasteiger partial charge >= 0.3 is 0 Å². The monoisotopic (exact) mass is 427 g/mol. The third-order valence-electron chi connectivity index (χ3n) is 5.83. The number of hydrogen-bond donors (Lipinski definition) is 1. The van der Waals surface area contributed by atoms with Crippen LogP contribution in [0.2, 0.25) is 0 Å². The van der Waals surface area contributed by atoms with E-state index in [0.29, 0.717) is 0 Å². The van der Waals surface area contributed by atoms with Gasteiger partial charge in [0, 0.05) is 42.4 Å². The summed E-state index contributed by atoms with van der Waals surface area (Å²) in [5.41, 5.74) is 7.37. The molecule has 3 nitrogen and oxygen atoms in total. The topological polar surface area (TPSA) is 20.2 Å². The Hall–Kier alpha value is -3.11. The highest BCUT2D eigenvalue weighted by Gasteiger charge is 2.16. The number of nitrogens with zero attached hydrogens (tertiary/aromatic N) is 2. The summed E-state index contributed by atoms with van der Waals surface area (Å²) >= 11 is 5.90. The molecule has 0 saturated heterocycles. The van der Waals surface area contributed by atoms with Crippen LogP contribution < -0.4 is 5.32 Å². The Bertz CT molecular complexity index is 1190. The van der Waals surface area contributed by atoms with Crippen molar-refractivity contribution < 1.29 is 0 Å². The highest BCUT2D eigenvalue weighted by Crippen LogP contribution is 2.24. The van der Waals surface area contributed by atoms with Crippen molar-refractivity contribution in [1.29, 1.82) is 0 Å². The van der Waals surface area contributed by atoms with E-state index < -0.39 is 0 Å². The summed E-state index contributed by atoms with van der Waals surface area (Å²) in [5, 5.41) is 5.49. The summed E-state index contributed by atoms with van der Waals surface area (Å²) in [6, 6.07) is 25.5. The molecule has 4 aromatic rings. The lowest BCUT2D eigenvalue weighted by Crippen LogP contribution is -2.33. The van der Waals surface area contributed by atoms with Crippen molar-refractivity contribution >= 4 is 33.9 Å². The summed E-state index contributed by atoms with van der Waals surface area (Å²) in [6.45, 7) is 8.89. The molecular formula is C27H29N3S. The van der Waals surface area contributed by atoms with Gasteiger partial charge in [-0.25, -0.2) is 0 Å². The Morgan fingerprint density at radius 2 is 1.65 bits per heavy atom. The molecule has 0 radical (unpaired) electrons. The number of anilines is 1. The molecule has 0 aliphatic carbocycles. The lowest BCUT2D eigenvalue weighted by molar-refractivity contribution is 0.414. The van der Waals surface area contributed by atoms with Crippen LogP contribution in [0.25, 0.3) is 10.9 Å². The van der Waals surface area contributed by atoms with Crippen LogP contribution in [0.3, 0.4) is 0 Å². The normalized spacial score (nSPS) is 10.9. The van der Waals surface area contributed by atoms with Crippen LogP contribution in [0.5, 0.6) is 0 Å². The Kier molecular flexibility index (Phi) is 6.38. The van der Waals surface area contributed by atoms with Crippen molar-refractivity contribution in [2.24, 2.45) is 0 Å². The van der Waals surface area contributed by atoms with Gasteiger partial charge in [-0.1, -0.05) is 54.6 Å². The van der Waals surface area contributed by atoms with E-state index in [-0.39, 0.29) is 0 Å². The van der Waals surface area contributed by atoms with Gasteiger partial charge in [0.2, 0.25) is 0 Å². The average Bonchev–Trinajstić information content (AvgIpc) is 3.14. The highest BCUT2D eigenvalue weighted by molar-refractivity contribution is 7.80. The van der Waals surface area contributed by atoms with Crippen LogP contribution in [-0.2, 0) is 19.6 Å². The van der Waals surface area contributed by atoms with Crippen molar-refractivity contribution in [3.8, 4) is 0 Å². The highest BCUT2D eigenvalue weighted by atomic mass is 32.1. The van der Waals surface area contributed by atoms with Gasteiger partial charge in [-0.2, -0.15) is 0 Å². The Labute approximate surface area is 190 Å². The molecule has 4 rings (SSSR count). The molecule has 0 saturated carbocycles. The molecule has 1 N–H and O–H groups in total. The number of thiocarbonyl (C=S) groups is 1. The van der Waals surface area contributed by atoms with Gasteiger partial charge in [0.05, 0.1) is 0 Å². The molecule has 0 fully saturated rings. The molecular weight excluding hydrogens is 398 g/mol. The zero-order valence-corrected chi connectivity index (χ0v) is 19.2. The first kappa shape index (κ1) is 21.1. The molecule has 4 heteroatoms. The summed E-state index contributed by atoms with van der Waals surface area (Å²) in [5.74, 6) is 0. The van der Waals surface area contributed by atoms with Crippen molar-refractivity contribution in [3.05, 3.63) is 101 Å².